The monoisotopic (exact) mass is 313 g/mol. The smallest absolute Gasteiger partial charge is 0.227 e. The van der Waals surface area contributed by atoms with Crippen LogP contribution in [0, 0.1) is 0 Å². The van der Waals surface area contributed by atoms with Crippen LogP contribution in [0.5, 0.6) is 5.75 Å². The van der Waals surface area contributed by atoms with Crippen LogP contribution in [-0.2, 0) is 16.0 Å². The molecule has 1 aliphatic rings. The first-order valence-electron chi connectivity index (χ1n) is 5.92. The van der Waals surface area contributed by atoms with Gasteiger partial charge in [0.2, 0.25) is 5.91 Å². The number of halogens is 1. The first-order valence-corrected chi connectivity index (χ1v) is 7.04. The van der Waals surface area contributed by atoms with Gasteiger partial charge >= 0.3 is 0 Å². The Hall–Kier alpha value is -1.07. The van der Waals surface area contributed by atoms with Crippen LogP contribution in [0.2, 0.25) is 0 Å². The molecular formula is C13H16BrNO3. The van der Waals surface area contributed by atoms with Gasteiger partial charge in [0.05, 0.1) is 19.1 Å². The first kappa shape index (κ1) is 13.4. The Bertz CT molecular complexity index is 424. The maximum atomic E-state index is 12.1. The fraction of sp³-hybridized carbons (Fsp3) is 0.462. The second kappa shape index (κ2) is 6.20. The van der Waals surface area contributed by atoms with Gasteiger partial charge in [0.15, 0.2) is 0 Å². The van der Waals surface area contributed by atoms with Crippen molar-refractivity contribution in [3.05, 3.63) is 29.8 Å². The van der Waals surface area contributed by atoms with Crippen molar-refractivity contribution < 1.29 is 14.6 Å². The Kier molecular flexibility index (Phi) is 4.60. The van der Waals surface area contributed by atoms with Crippen molar-refractivity contribution in [2.75, 3.05) is 25.0 Å². The summed E-state index contributed by atoms with van der Waals surface area (Å²) in [6.07, 6.45) is 0.399. The molecule has 0 aliphatic carbocycles. The zero-order chi connectivity index (χ0) is 13.0. The molecule has 1 N–H and O–H groups in total. The average molecular weight is 314 g/mol. The van der Waals surface area contributed by atoms with Crippen molar-refractivity contribution in [2.24, 2.45) is 0 Å². The summed E-state index contributed by atoms with van der Waals surface area (Å²) in [5.74, 6) is 0.274. The van der Waals surface area contributed by atoms with Gasteiger partial charge in [-0.3, -0.25) is 4.79 Å². The fourth-order valence-corrected chi connectivity index (χ4v) is 2.38. The van der Waals surface area contributed by atoms with Gasteiger partial charge in [-0.15, -0.1) is 0 Å². The summed E-state index contributed by atoms with van der Waals surface area (Å²) < 4.78 is 5.50. The molecule has 1 saturated heterocycles. The number of aromatic hydroxyl groups is 1. The van der Waals surface area contributed by atoms with Crippen LogP contribution in [-0.4, -0.2) is 47.0 Å². The Morgan fingerprint density at radius 3 is 3.11 bits per heavy atom. The molecule has 1 atom stereocenters. The maximum absolute atomic E-state index is 12.1. The molecule has 1 aromatic rings. The van der Waals surface area contributed by atoms with Gasteiger partial charge in [-0.05, 0) is 17.7 Å². The molecule has 0 spiro atoms. The number of carbonyl (C=O) groups excluding carboxylic acids is 1. The van der Waals surface area contributed by atoms with Gasteiger partial charge in [0.25, 0.3) is 0 Å². The lowest BCUT2D eigenvalue weighted by Gasteiger charge is -2.32. The van der Waals surface area contributed by atoms with Gasteiger partial charge in [-0.1, -0.05) is 28.1 Å². The van der Waals surface area contributed by atoms with E-state index in [1.807, 2.05) is 11.0 Å². The third-order valence-electron chi connectivity index (χ3n) is 2.93. The van der Waals surface area contributed by atoms with E-state index in [0.29, 0.717) is 26.1 Å². The molecule has 0 saturated carbocycles. The molecule has 1 heterocycles. The van der Waals surface area contributed by atoms with Gasteiger partial charge in [0, 0.05) is 18.4 Å². The molecule has 1 aliphatic heterocycles. The molecular weight excluding hydrogens is 298 g/mol. The van der Waals surface area contributed by atoms with Crippen molar-refractivity contribution in [1.29, 1.82) is 0 Å². The predicted octanol–water partition coefficient (Wildman–Crippen LogP) is 1.56. The molecule has 1 amide bonds. The van der Waals surface area contributed by atoms with E-state index in [4.69, 9.17) is 4.74 Å². The number of hydrogen-bond acceptors (Lipinski definition) is 3. The van der Waals surface area contributed by atoms with E-state index >= 15 is 0 Å². The number of morpholine rings is 1. The maximum Gasteiger partial charge on any atom is 0.227 e. The normalized spacial score (nSPS) is 19.8. The molecule has 0 aromatic heterocycles. The van der Waals surface area contributed by atoms with Crippen molar-refractivity contribution in [3.63, 3.8) is 0 Å². The Morgan fingerprint density at radius 1 is 1.56 bits per heavy atom. The largest absolute Gasteiger partial charge is 0.508 e. The van der Waals surface area contributed by atoms with Gasteiger partial charge in [-0.25, -0.2) is 0 Å². The lowest BCUT2D eigenvalue weighted by Crippen LogP contribution is -2.46. The number of alkyl halides is 1. The van der Waals surface area contributed by atoms with E-state index in [-0.39, 0.29) is 17.8 Å². The minimum atomic E-state index is 0.0758. The lowest BCUT2D eigenvalue weighted by atomic mass is 10.1. The summed E-state index contributed by atoms with van der Waals surface area (Å²) in [7, 11) is 0. The molecule has 1 aromatic carbocycles. The van der Waals surface area contributed by atoms with E-state index in [0.717, 1.165) is 10.9 Å². The highest BCUT2D eigenvalue weighted by Crippen LogP contribution is 2.14. The molecule has 98 valence electrons. The van der Waals surface area contributed by atoms with E-state index in [2.05, 4.69) is 15.9 Å². The van der Waals surface area contributed by atoms with E-state index in [1.165, 1.54) is 0 Å². The molecule has 1 unspecified atom stereocenters. The minimum Gasteiger partial charge on any atom is -0.508 e. The second-order valence-corrected chi connectivity index (χ2v) is 4.98. The van der Waals surface area contributed by atoms with Crippen LogP contribution < -0.4 is 0 Å². The summed E-state index contributed by atoms with van der Waals surface area (Å²) >= 11 is 3.37. The van der Waals surface area contributed by atoms with Gasteiger partial charge in [0.1, 0.15) is 5.75 Å². The number of ether oxygens (including phenoxy) is 1. The number of benzene rings is 1. The van der Waals surface area contributed by atoms with Crippen LogP contribution in [0.15, 0.2) is 24.3 Å². The van der Waals surface area contributed by atoms with Gasteiger partial charge in [-0.2, -0.15) is 0 Å². The molecule has 5 heteroatoms. The summed E-state index contributed by atoms with van der Waals surface area (Å²) in [6, 6.07) is 6.82. The summed E-state index contributed by atoms with van der Waals surface area (Å²) in [4.78, 5) is 13.9. The van der Waals surface area contributed by atoms with E-state index < -0.39 is 0 Å². The minimum absolute atomic E-state index is 0.0758. The van der Waals surface area contributed by atoms with Crippen LogP contribution in [0.4, 0.5) is 0 Å². The highest BCUT2D eigenvalue weighted by Gasteiger charge is 2.23. The standard InChI is InChI=1S/C13H16BrNO3/c14-8-12-9-15(4-5-18-12)13(17)7-10-2-1-3-11(16)6-10/h1-3,6,12,16H,4-5,7-9H2. The predicted molar refractivity (Wildman–Crippen MR) is 71.9 cm³/mol. The number of carbonyl (C=O) groups is 1. The van der Waals surface area contributed by atoms with Crippen molar-refractivity contribution >= 4 is 21.8 Å². The zero-order valence-electron chi connectivity index (χ0n) is 10.0. The Morgan fingerprint density at radius 2 is 2.39 bits per heavy atom. The average Bonchev–Trinajstić information content (AvgIpc) is 2.39. The van der Waals surface area contributed by atoms with Crippen LogP contribution >= 0.6 is 15.9 Å². The summed E-state index contributed by atoms with van der Waals surface area (Å²) in [6.45, 7) is 1.85. The topological polar surface area (TPSA) is 49.8 Å². The number of hydrogen-bond donors (Lipinski definition) is 1. The quantitative estimate of drug-likeness (QED) is 0.862. The van der Waals surface area contributed by atoms with Crippen LogP contribution in [0.25, 0.3) is 0 Å². The molecule has 18 heavy (non-hydrogen) atoms. The third-order valence-corrected chi connectivity index (χ3v) is 3.65. The molecule has 0 radical (unpaired) electrons. The highest BCUT2D eigenvalue weighted by atomic mass is 79.9. The van der Waals surface area contributed by atoms with Crippen molar-refractivity contribution in [3.8, 4) is 5.75 Å². The Balaban J connectivity index is 1.95. The number of amides is 1. The first-order chi connectivity index (χ1) is 8.69. The number of phenolic OH excluding ortho intramolecular Hbond substituents is 1. The fourth-order valence-electron chi connectivity index (χ4n) is 1.99. The summed E-state index contributed by atoms with van der Waals surface area (Å²) in [5, 5.41) is 10.1. The molecule has 2 rings (SSSR count). The third kappa shape index (κ3) is 3.46. The molecule has 4 nitrogen and oxygen atoms in total. The lowest BCUT2D eigenvalue weighted by molar-refractivity contribution is -0.137. The van der Waals surface area contributed by atoms with Gasteiger partial charge < -0.3 is 14.7 Å². The SMILES string of the molecule is O=C(Cc1cccc(O)c1)N1CCOC(CBr)C1. The van der Waals surface area contributed by atoms with Crippen LogP contribution in [0.1, 0.15) is 5.56 Å². The summed E-state index contributed by atoms with van der Waals surface area (Å²) in [5.41, 5.74) is 0.835. The van der Waals surface area contributed by atoms with Crippen molar-refractivity contribution in [2.45, 2.75) is 12.5 Å². The van der Waals surface area contributed by atoms with E-state index in [9.17, 15) is 9.90 Å². The molecule has 0 bridgehead atoms. The van der Waals surface area contributed by atoms with Crippen molar-refractivity contribution in [1.82, 2.24) is 4.90 Å². The zero-order valence-corrected chi connectivity index (χ0v) is 11.6. The van der Waals surface area contributed by atoms with Crippen LogP contribution in [0.3, 0.4) is 0 Å². The Labute approximate surface area is 115 Å². The number of nitrogens with zero attached hydrogens (tertiary/aromatic N) is 1. The second-order valence-electron chi connectivity index (χ2n) is 4.33. The number of rotatable bonds is 3. The van der Waals surface area contributed by atoms with E-state index in [1.54, 1.807) is 18.2 Å². The molecule has 1 fully saturated rings. The number of phenols is 1. The highest BCUT2D eigenvalue weighted by molar-refractivity contribution is 9.09.